The lowest BCUT2D eigenvalue weighted by atomic mass is 10.2. The van der Waals surface area contributed by atoms with Gasteiger partial charge in [-0.15, -0.1) is 0 Å². The molecule has 0 unspecified atom stereocenters. The van der Waals surface area contributed by atoms with Crippen LogP contribution in [0.1, 0.15) is 16.1 Å². The zero-order valence-electron chi connectivity index (χ0n) is 13.7. The lowest BCUT2D eigenvalue weighted by Gasteiger charge is -2.12. The number of hydrogen-bond acceptors (Lipinski definition) is 4. The topological polar surface area (TPSA) is 91.7 Å². The first kappa shape index (κ1) is 15.9. The van der Waals surface area contributed by atoms with Gasteiger partial charge in [0.2, 0.25) is 5.91 Å². The highest BCUT2D eigenvalue weighted by atomic mass is 16.3. The summed E-state index contributed by atoms with van der Waals surface area (Å²) in [5, 5.41) is 6.10. The van der Waals surface area contributed by atoms with Crippen LogP contribution in [-0.2, 0) is 11.3 Å². The molecule has 7 nitrogen and oxygen atoms in total. The molecule has 7 heteroatoms. The van der Waals surface area contributed by atoms with E-state index in [9.17, 15) is 14.4 Å². The van der Waals surface area contributed by atoms with E-state index in [0.29, 0.717) is 11.3 Å². The lowest BCUT2D eigenvalue weighted by Crippen LogP contribution is -2.30. The van der Waals surface area contributed by atoms with Gasteiger partial charge in [0.15, 0.2) is 5.76 Å². The number of anilines is 1. The number of hydrogen-bond donors (Lipinski definition) is 2. The van der Waals surface area contributed by atoms with Gasteiger partial charge in [-0.05, 0) is 29.8 Å². The molecule has 2 aromatic carbocycles. The van der Waals surface area contributed by atoms with Crippen LogP contribution in [0.15, 0.2) is 59.0 Å². The van der Waals surface area contributed by atoms with Crippen LogP contribution < -0.4 is 10.6 Å². The molecule has 4 rings (SSSR count). The van der Waals surface area contributed by atoms with Crippen LogP contribution in [0.4, 0.5) is 10.5 Å². The third-order valence-corrected chi connectivity index (χ3v) is 4.14. The van der Waals surface area contributed by atoms with Gasteiger partial charge in [-0.2, -0.15) is 0 Å². The molecule has 130 valence electrons. The number of benzene rings is 2. The predicted molar refractivity (Wildman–Crippen MR) is 94.6 cm³/mol. The Bertz CT molecular complexity index is 958. The number of fused-ring (bicyclic) bond motifs is 1. The summed E-state index contributed by atoms with van der Waals surface area (Å²) in [6.07, 6.45) is 0. The maximum atomic E-state index is 12.3. The van der Waals surface area contributed by atoms with E-state index >= 15 is 0 Å². The van der Waals surface area contributed by atoms with E-state index < -0.39 is 6.03 Å². The number of para-hydroxylation sites is 1. The molecule has 26 heavy (non-hydrogen) atoms. The van der Waals surface area contributed by atoms with Crippen LogP contribution in [0, 0.1) is 0 Å². The van der Waals surface area contributed by atoms with Gasteiger partial charge < -0.3 is 15.1 Å². The van der Waals surface area contributed by atoms with Crippen LogP contribution in [-0.4, -0.2) is 29.3 Å². The first-order valence-corrected chi connectivity index (χ1v) is 8.07. The Morgan fingerprint density at radius 2 is 1.88 bits per heavy atom. The quantitative estimate of drug-likeness (QED) is 0.709. The Kier molecular flexibility index (Phi) is 3.89. The SMILES string of the molecule is O=C(Nc1ccc(CN2C(=O)CNC2=O)cc1)c1cc2ccccc2o1. The molecule has 0 saturated carbocycles. The van der Waals surface area contributed by atoms with Crippen LogP contribution in [0.2, 0.25) is 0 Å². The Morgan fingerprint density at radius 1 is 1.12 bits per heavy atom. The Balaban J connectivity index is 1.44. The van der Waals surface area contributed by atoms with E-state index in [0.717, 1.165) is 15.8 Å². The van der Waals surface area contributed by atoms with E-state index in [2.05, 4.69) is 10.6 Å². The zero-order chi connectivity index (χ0) is 18.1. The average molecular weight is 349 g/mol. The second kappa shape index (κ2) is 6.36. The fourth-order valence-corrected chi connectivity index (χ4v) is 2.78. The van der Waals surface area contributed by atoms with Crippen molar-refractivity contribution in [3.8, 4) is 0 Å². The standard InChI is InChI=1S/C19H15N3O4/c23-17-10-20-19(25)22(17)11-12-5-7-14(8-6-12)21-18(24)16-9-13-3-1-2-4-15(13)26-16/h1-9H,10-11H2,(H,20,25)(H,21,24). The van der Waals surface area contributed by atoms with Gasteiger partial charge in [0.05, 0.1) is 13.1 Å². The maximum Gasteiger partial charge on any atom is 0.324 e. The summed E-state index contributed by atoms with van der Waals surface area (Å²) in [5.74, 6) is -0.366. The zero-order valence-corrected chi connectivity index (χ0v) is 13.7. The molecular weight excluding hydrogens is 334 g/mol. The minimum atomic E-state index is -0.391. The number of carbonyl (C=O) groups excluding carboxylic acids is 3. The molecule has 0 bridgehead atoms. The number of rotatable bonds is 4. The number of nitrogens with one attached hydrogen (secondary N) is 2. The van der Waals surface area contributed by atoms with Crippen LogP contribution >= 0.6 is 0 Å². The average Bonchev–Trinajstić information content (AvgIpc) is 3.22. The van der Waals surface area contributed by atoms with Crippen LogP contribution in [0.25, 0.3) is 11.0 Å². The van der Waals surface area contributed by atoms with Crippen molar-refractivity contribution in [2.24, 2.45) is 0 Å². The lowest BCUT2D eigenvalue weighted by molar-refractivity contribution is -0.125. The van der Waals surface area contributed by atoms with Crippen molar-refractivity contribution >= 4 is 34.5 Å². The van der Waals surface area contributed by atoms with Gasteiger partial charge in [-0.1, -0.05) is 30.3 Å². The number of amides is 4. The summed E-state index contributed by atoms with van der Waals surface area (Å²) in [5.41, 5.74) is 2.04. The van der Waals surface area contributed by atoms with Crippen molar-refractivity contribution in [1.29, 1.82) is 0 Å². The van der Waals surface area contributed by atoms with E-state index in [1.807, 2.05) is 18.2 Å². The molecule has 2 heterocycles. The number of carbonyl (C=O) groups is 3. The fraction of sp³-hybridized carbons (Fsp3) is 0.105. The van der Waals surface area contributed by atoms with E-state index in [-0.39, 0.29) is 30.7 Å². The summed E-state index contributed by atoms with van der Waals surface area (Å²) in [6, 6.07) is 15.6. The number of urea groups is 1. The number of imide groups is 1. The molecule has 0 aliphatic carbocycles. The van der Waals surface area contributed by atoms with Crippen molar-refractivity contribution in [3.05, 3.63) is 65.9 Å². The molecule has 0 spiro atoms. The summed E-state index contributed by atoms with van der Waals surface area (Å²) in [7, 11) is 0. The molecule has 3 aromatic rings. The Hall–Kier alpha value is -3.61. The smallest absolute Gasteiger partial charge is 0.324 e. The molecule has 1 saturated heterocycles. The third-order valence-electron chi connectivity index (χ3n) is 4.14. The maximum absolute atomic E-state index is 12.3. The van der Waals surface area contributed by atoms with Gasteiger partial charge >= 0.3 is 6.03 Å². The summed E-state index contributed by atoms with van der Waals surface area (Å²) < 4.78 is 5.54. The number of furan rings is 1. The summed E-state index contributed by atoms with van der Waals surface area (Å²) >= 11 is 0. The van der Waals surface area contributed by atoms with Crippen LogP contribution in [0.5, 0.6) is 0 Å². The highest BCUT2D eigenvalue weighted by molar-refractivity contribution is 6.04. The molecule has 2 N–H and O–H groups in total. The predicted octanol–water partition coefficient (Wildman–Crippen LogP) is 2.74. The van der Waals surface area contributed by atoms with E-state index in [4.69, 9.17) is 4.42 Å². The first-order valence-electron chi connectivity index (χ1n) is 8.07. The molecule has 1 aromatic heterocycles. The third kappa shape index (κ3) is 3.02. The first-order chi connectivity index (χ1) is 12.6. The van der Waals surface area contributed by atoms with Gasteiger partial charge in [-0.25, -0.2) is 4.79 Å². The van der Waals surface area contributed by atoms with E-state index in [1.165, 1.54) is 0 Å². The van der Waals surface area contributed by atoms with Crippen molar-refractivity contribution in [2.75, 3.05) is 11.9 Å². The van der Waals surface area contributed by atoms with Gasteiger partial charge in [0.25, 0.3) is 5.91 Å². The van der Waals surface area contributed by atoms with E-state index in [1.54, 1.807) is 36.4 Å². The van der Waals surface area contributed by atoms with Crippen molar-refractivity contribution in [3.63, 3.8) is 0 Å². The van der Waals surface area contributed by atoms with Gasteiger partial charge in [-0.3, -0.25) is 14.5 Å². The molecule has 0 atom stereocenters. The number of nitrogens with zero attached hydrogens (tertiary/aromatic N) is 1. The minimum absolute atomic E-state index is 0.0322. The minimum Gasteiger partial charge on any atom is -0.451 e. The monoisotopic (exact) mass is 349 g/mol. The molecular formula is C19H15N3O4. The highest BCUT2D eigenvalue weighted by Crippen LogP contribution is 2.20. The second-order valence-electron chi connectivity index (χ2n) is 5.94. The van der Waals surface area contributed by atoms with Crippen molar-refractivity contribution in [2.45, 2.75) is 6.54 Å². The van der Waals surface area contributed by atoms with Gasteiger partial charge in [0, 0.05) is 11.1 Å². The molecule has 1 fully saturated rings. The largest absolute Gasteiger partial charge is 0.451 e. The Labute approximate surface area is 148 Å². The second-order valence-corrected chi connectivity index (χ2v) is 5.94. The molecule has 4 amide bonds. The van der Waals surface area contributed by atoms with Crippen molar-refractivity contribution in [1.82, 2.24) is 10.2 Å². The molecule has 0 radical (unpaired) electrons. The van der Waals surface area contributed by atoms with Crippen molar-refractivity contribution < 1.29 is 18.8 Å². The summed E-state index contributed by atoms with van der Waals surface area (Å²) in [6.45, 7) is 0.229. The van der Waals surface area contributed by atoms with Gasteiger partial charge in [0.1, 0.15) is 5.58 Å². The summed E-state index contributed by atoms with van der Waals surface area (Å²) in [4.78, 5) is 36.6. The Morgan fingerprint density at radius 3 is 2.58 bits per heavy atom. The fourth-order valence-electron chi connectivity index (χ4n) is 2.78. The van der Waals surface area contributed by atoms with Crippen LogP contribution in [0.3, 0.4) is 0 Å². The normalized spacial score (nSPS) is 13.9. The molecule has 1 aliphatic heterocycles. The highest BCUT2D eigenvalue weighted by Gasteiger charge is 2.28. The molecule has 1 aliphatic rings.